The standard InChI is InChI=1S/C20H10F4N2S6/c1-27-19-20(28-2)32-18(31-19)12-6-5-11(30-12)10-4-3-9(29-10)8(7-25)13-14(21)16(23)26-17(24)15(13)22/h3-6H,1-2H3/b9-8+,11-10+. The van der Waals surface area contributed by atoms with Crippen LogP contribution in [-0.4, -0.2) is 17.5 Å². The Kier molecular flexibility index (Phi) is 7.33. The molecule has 4 heterocycles. The van der Waals surface area contributed by atoms with Gasteiger partial charge in [0.15, 0.2) is 11.6 Å². The highest BCUT2D eigenvalue weighted by Gasteiger charge is 2.24. The fourth-order valence-corrected chi connectivity index (χ4v) is 10.0. The lowest BCUT2D eigenvalue weighted by molar-refractivity contribution is 0.404. The van der Waals surface area contributed by atoms with Crippen LogP contribution in [0.15, 0.2) is 32.7 Å². The van der Waals surface area contributed by atoms with E-state index in [-0.39, 0.29) is 4.53 Å². The van der Waals surface area contributed by atoms with E-state index in [1.54, 1.807) is 70.5 Å². The summed E-state index contributed by atoms with van der Waals surface area (Å²) in [4.78, 5) is 2.55. The van der Waals surface area contributed by atoms with Crippen molar-refractivity contribution in [2.24, 2.45) is 0 Å². The molecule has 0 fully saturated rings. The number of thiophene rings is 2. The van der Waals surface area contributed by atoms with Crippen molar-refractivity contribution in [1.29, 1.82) is 5.26 Å². The Bertz CT molecular complexity index is 1470. The number of pyridine rings is 1. The van der Waals surface area contributed by atoms with Gasteiger partial charge in [0.1, 0.15) is 6.07 Å². The molecular weight excluding hydrogens is 537 g/mol. The second-order valence-corrected chi connectivity index (χ2v) is 12.6. The minimum absolute atomic E-state index is 0.202. The first-order chi connectivity index (χ1) is 15.4. The summed E-state index contributed by atoms with van der Waals surface area (Å²) in [6.07, 6.45) is 4.09. The van der Waals surface area contributed by atoms with Gasteiger partial charge in [0, 0.05) is 18.1 Å². The summed E-state index contributed by atoms with van der Waals surface area (Å²) in [7, 11) is 0. The molecule has 1 aliphatic heterocycles. The predicted molar refractivity (Wildman–Crippen MR) is 130 cm³/mol. The summed E-state index contributed by atoms with van der Waals surface area (Å²) < 4.78 is 62.1. The van der Waals surface area contributed by atoms with Gasteiger partial charge >= 0.3 is 0 Å². The Labute approximate surface area is 204 Å². The Morgan fingerprint density at radius 3 is 1.94 bits per heavy atom. The molecule has 0 saturated heterocycles. The topological polar surface area (TPSA) is 36.7 Å². The molecule has 3 aromatic heterocycles. The lowest BCUT2D eigenvalue weighted by atomic mass is 10.1. The molecule has 0 atom stereocenters. The van der Waals surface area contributed by atoms with Crippen LogP contribution in [0, 0.1) is 43.9 Å². The van der Waals surface area contributed by atoms with Gasteiger partial charge in [-0.25, -0.2) is 8.78 Å². The summed E-state index contributed by atoms with van der Waals surface area (Å²) in [5, 5.41) is 9.49. The Hall–Kier alpha value is -1.36. The van der Waals surface area contributed by atoms with Crippen molar-refractivity contribution < 1.29 is 17.6 Å². The van der Waals surface area contributed by atoms with Gasteiger partial charge in [-0.15, -0.1) is 46.2 Å². The molecule has 164 valence electrons. The van der Waals surface area contributed by atoms with Gasteiger partial charge in [0.2, 0.25) is 0 Å². The highest BCUT2D eigenvalue weighted by atomic mass is 32.3. The summed E-state index contributed by atoms with van der Waals surface area (Å²) in [6, 6.07) is 8.86. The van der Waals surface area contributed by atoms with Crippen molar-refractivity contribution in [1.82, 2.24) is 4.98 Å². The van der Waals surface area contributed by atoms with Crippen molar-refractivity contribution >= 4 is 79.5 Å². The number of thioether (sulfide) groups is 4. The number of hydrogen-bond donors (Lipinski definition) is 0. The normalized spacial score (nSPS) is 16.0. The summed E-state index contributed by atoms with van der Waals surface area (Å²) in [5.74, 6) is -6.97. The van der Waals surface area contributed by atoms with E-state index in [9.17, 15) is 22.8 Å². The van der Waals surface area contributed by atoms with Crippen molar-refractivity contribution in [2.45, 2.75) is 0 Å². The maximum atomic E-state index is 14.2. The molecule has 4 rings (SSSR count). The Balaban J connectivity index is 1.88. The largest absolute Gasteiger partial charge is 0.252 e. The lowest BCUT2D eigenvalue weighted by Crippen LogP contribution is -2.10. The number of nitrogens with zero attached hydrogens (tertiary/aromatic N) is 2. The lowest BCUT2D eigenvalue weighted by Gasteiger charge is -2.03. The third-order valence-electron chi connectivity index (χ3n) is 4.17. The van der Waals surface area contributed by atoms with Crippen LogP contribution in [0.25, 0.3) is 9.81 Å². The minimum atomic E-state index is -1.79. The van der Waals surface area contributed by atoms with Gasteiger partial charge in [0.25, 0.3) is 11.9 Å². The van der Waals surface area contributed by atoms with Gasteiger partial charge in [-0.05, 0) is 36.8 Å². The van der Waals surface area contributed by atoms with Crippen LogP contribution in [0.2, 0.25) is 0 Å². The van der Waals surface area contributed by atoms with E-state index in [4.69, 9.17) is 0 Å². The van der Waals surface area contributed by atoms with Gasteiger partial charge in [-0.3, -0.25) is 0 Å². The molecule has 0 bridgehead atoms. The molecule has 0 aromatic carbocycles. The number of nitriles is 1. The van der Waals surface area contributed by atoms with Crippen LogP contribution in [0.1, 0.15) is 5.56 Å². The van der Waals surface area contributed by atoms with Crippen LogP contribution in [0.4, 0.5) is 17.6 Å². The molecule has 0 radical (unpaired) electrons. The van der Waals surface area contributed by atoms with Crippen molar-refractivity contribution in [3.05, 3.63) is 80.0 Å². The Morgan fingerprint density at radius 1 is 0.844 bits per heavy atom. The van der Waals surface area contributed by atoms with Crippen molar-refractivity contribution in [3.63, 3.8) is 0 Å². The quantitative estimate of drug-likeness (QED) is 0.289. The van der Waals surface area contributed by atoms with Crippen molar-refractivity contribution in [2.75, 3.05) is 12.5 Å². The highest BCUT2D eigenvalue weighted by Crippen LogP contribution is 2.56. The van der Waals surface area contributed by atoms with Crippen LogP contribution >= 0.6 is 69.7 Å². The summed E-state index contributed by atoms with van der Waals surface area (Å²) in [5.41, 5.74) is -1.53. The number of halogens is 4. The number of aromatic nitrogens is 1. The second-order valence-electron chi connectivity index (χ2n) is 5.99. The molecule has 0 amide bonds. The molecule has 2 nitrogen and oxygen atoms in total. The van der Waals surface area contributed by atoms with Gasteiger partial charge in [0.05, 0.1) is 23.8 Å². The van der Waals surface area contributed by atoms with Crippen LogP contribution in [0.3, 0.4) is 0 Å². The van der Waals surface area contributed by atoms with Crippen molar-refractivity contribution in [3.8, 4) is 6.07 Å². The first-order valence-electron chi connectivity index (χ1n) is 8.61. The molecule has 12 heteroatoms. The fraction of sp³-hybridized carbons (Fsp3) is 0.100. The molecule has 3 aromatic rings. The maximum absolute atomic E-state index is 14.2. The molecule has 32 heavy (non-hydrogen) atoms. The summed E-state index contributed by atoms with van der Waals surface area (Å²) >= 11 is 9.57. The zero-order valence-electron chi connectivity index (χ0n) is 16.2. The second kappa shape index (κ2) is 9.87. The minimum Gasteiger partial charge on any atom is -0.201 e. The van der Waals surface area contributed by atoms with E-state index in [1.165, 1.54) is 18.8 Å². The van der Waals surface area contributed by atoms with E-state index in [1.807, 2.05) is 24.6 Å². The molecule has 1 aliphatic rings. The van der Waals surface area contributed by atoms with E-state index >= 15 is 0 Å². The van der Waals surface area contributed by atoms with E-state index in [2.05, 4.69) is 4.98 Å². The third kappa shape index (κ3) is 4.38. The first-order valence-corrected chi connectivity index (χ1v) is 14.3. The zero-order chi connectivity index (χ0) is 23.0. The van der Waals surface area contributed by atoms with Crippen LogP contribution in [-0.2, 0) is 0 Å². The monoisotopic (exact) mass is 546 g/mol. The smallest absolute Gasteiger partial charge is 0.201 e. The molecule has 0 spiro atoms. The first kappa shape index (κ1) is 23.8. The fourth-order valence-electron chi connectivity index (χ4n) is 2.75. The molecule has 0 unspecified atom stereocenters. The van der Waals surface area contributed by atoms with E-state index in [0.29, 0.717) is 0 Å². The average molecular weight is 547 g/mol. The number of hydrogen-bond acceptors (Lipinski definition) is 8. The van der Waals surface area contributed by atoms with Gasteiger partial charge < -0.3 is 0 Å². The highest BCUT2D eigenvalue weighted by molar-refractivity contribution is 8.45. The average Bonchev–Trinajstić information content (AvgIpc) is 3.53. The van der Waals surface area contributed by atoms with E-state index in [0.717, 1.165) is 24.9 Å². The van der Waals surface area contributed by atoms with E-state index < -0.39 is 34.7 Å². The molecule has 0 aliphatic carbocycles. The van der Waals surface area contributed by atoms with Gasteiger partial charge in [-0.2, -0.15) is 19.0 Å². The number of rotatable bonds is 3. The predicted octanol–water partition coefficient (Wildman–Crippen LogP) is 6.17. The Morgan fingerprint density at radius 2 is 1.38 bits per heavy atom. The summed E-state index contributed by atoms with van der Waals surface area (Å²) in [6.45, 7) is 0. The molecule has 0 N–H and O–H groups in total. The third-order valence-corrected chi connectivity index (χ3v) is 12.1. The van der Waals surface area contributed by atoms with Crippen LogP contribution < -0.4 is 9.06 Å². The SMILES string of the molecule is CSC1=C(SC)SC(=c2cc/c(=c3/cc/c(=C(/C#N)c4c(F)c(F)nc(F)c4F)s3)s2)S1. The van der Waals surface area contributed by atoms with Crippen LogP contribution in [0.5, 0.6) is 0 Å². The van der Waals surface area contributed by atoms with Gasteiger partial charge in [-0.1, -0.05) is 23.5 Å². The molecule has 0 saturated carbocycles. The maximum Gasteiger partial charge on any atom is 0.252 e. The zero-order valence-corrected chi connectivity index (χ0v) is 21.1. The molecular formula is C20H10F4N2S6.